The second-order valence-corrected chi connectivity index (χ2v) is 5.95. The Balaban J connectivity index is 2.33. The quantitative estimate of drug-likeness (QED) is 0.785. The molecule has 1 unspecified atom stereocenters. The van der Waals surface area contributed by atoms with E-state index in [0.29, 0.717) is 10.2 Å². The molecule has 1 heterocycles. The molecule has 1 aliphatic rings. The third-order valence-corrected chi connectivity index (χ3v) is 4.02. The molecule has 1 aromatic rings. The number of carbonyl (C=O) groups is 2. The number of ether oxygens (including phenoxy) is 1. The minimum atomic E-state index is -0.491. The van der Waals surface area contributed by atoms with Crippen LogP contribution in [0.2, 0.25) is 0 Å². The first-order valence-corrected chi connectivity index (χ1v) is 7.09. The van der Waals surface area contributed by atoms with Crippen LogP contribution in [-0.4, -0.2) is 30.6 Å². The van der Waals surface area contributed by atoms with Gasteiger partial charge < -0.3 is 14.7 Å². The molecule has 0 aliphatic carbocycles. The summed E-state index contributed by atoms with van der Waals surface area (Å²) in [5.74, 6) is -1.14. The van der Waals surface area contributed by atoms with Gasteiger partial charge in [0.25, 0.3) is 0 Å². The van der Waals surface area contributed by atoms with Crippen molar-refractivity contribution in [3.05, 3.63) is 21.1 Å². The van der Waals surface area contributed by atoms with E-state index in [1.807, 2.05) is 0 Å². The Labute approximate surface area is 126 Å². The molecule has 5 nitrogen and oxygen atoms in total. The molecule has 1 fully saturated rings. The zero-order chi connectivity index (χ0) is 14.2. The van der Waals surface area contributed by atoms with Gasteiger partial charge in [0, 0.05) is 17.4 Å². The van der Waals surface area contributed by atoms with E-state index >= 15 is 0 Å². The first kappa shape index (κ1) is 14.3. The Hall–Kier alpha value is -1.08. The first-order chi connectivity index (χ1) is 8.93. The summed E-state index contributed by atoms with van der Waals surface area (Å²) in [6, 6.07) is 3.31. The fourth-order valence-corrected chi connectivity index (χ4v) is 3.23. The fraction of sp³-hybridized carbons (Fsp3) is 0.333. The Kier molecular flexibility index (Phi) is 4.15. The lowest BCUT2D eigenvalue weighted by atomic mass is 10.1. The molecule has 0 spiro atoms. The van der Waals surface area contributed by atoms with Gasteiger partial charge in [0.1, 0.15) is 0 Å². The molecule has 102 valence electrons. The van der Waals surface area contributed by atoms with Gasteiger partial charge in [-0.2, -0.15) is 0 Å². The zero-order valence-corrected chi connectivity index (χ0v) is 13.2. The van der Waals surface area contributed by atoms with Gasteiger partial charge in [0.05, 0.1) is 23.2 Å². The number of esters is 1. The Bertz CT molecular complexity index is 547. The summed E-state index contributed by atoms with van der Waals surface area (Å²) < 4.78 is 5.85. The lowest BCUT2D eigenvalue weighted by Crippen LogP contribution is -2.26. The molecule has 0 bridgehead atoms. The maximum Gasteiger partial charge on any atom is 0.311 e. The molecule has 1 N–H and O–H groups in total. The number of benzene rings is 1. The molecular weight excluding hydrogens is 382 g/mol. The highest BCUT2D eigenvalue weighted by Crippen LogP contribution is 2.40. The molecule has 1 aliphatic heterocycles. The van der Waals surface area contributed by atoms with Crippen molar-refractivity contribution in [3.63, 3.8) is 0 Å². The SMILES string of the molecule is COC(=O)C1CC(=O)N(c2cc(Br)cc(Br)c2O)C1. The van der Waals surface area contributed by atoms with Crippen LogP contribution in [0, 0.1) is 5.92 Å². The summed E-state index contributed by atoms with van der Waals surface area (Å²) in [6.07, 6.45) is 0.0935. The number of hydrogen-bond acceptors (Lipinski definition) is 4. The van der Waals surface area contributed by atoms with E-state index in [-0.39, 0.29) is 24.6 Å². The van der Waals surface area contributed by atoms with Crippen molar-refractivity contribution in [3.8, 4) is 5.75 Å². The summed E-state index contributed by atoms with van der Waals surface area (Å²) in [7, 11) is 1.29. The number of hydrogen-bond donors (Lipinski definition) is 1. The van der Waals surface area contributed by atoms with Gasteiger partial charge in [-0.05, 0) is 28.1 Å². The molecule has 0 aromatic heterocycles. The van der Waals surface area contributed by atoms with Crippen LogP contribution in [-0.2, 0) is 14.3 Å². The molecule has 0 saturated carbocycles. The van der Waals surface area contributed by atoms with Gasteiger partial charge in [-0.3, -0.25) is 9.59 Å². The summed E-state index contributed by atoms with van der Waals surface area (Å²) in [6.45, 7) is 0.210. The average Bonchev–Trinajstić information content (AvgIpc) is 2.75. The standard InChI is InChI=1S/C12H11Br2NO4/c1-19-12(18)6-2-10(16)15(5-6)9-4-7(13)3-8(14)11(9)17/h3-4,6,17H,2,5H2,1H3. The number of anilines is 1. The number of phenolic OH excluding ortho intramolecular Hbond substituents is 1. The molecule has 1 amide bonds. The van der Waals surface area contributed by atoms with Crippen LogP contribution in [0.15, 0.2) is 21.1 Å². The van der Waals surface area contributed by atoms with E-state index < -0.39 is 11.9 Å². The van der Waals surface area contributed by atoms with Crippen LogP contribution in [0.4, 0.5) is 5.69 Å². The van der Waals surface area contributed by atoms with E-state index in [0.717, 1.165) is 4.47 Å². The van der Waals surface area contributed by atoms with E-state index in [4.69, 9.17) is 0 Å². The Morgan fingerprint density at radius 2 is 2.16 bits per heavy atom. The van der Waals surface area contributed by atoms with Gasteiger partial charge >= 0.3 is 5.97 Å². The number of aromatic hydroxyl groups is 1. The number of phenols is 1. The molecule has 1 aromatic carbocycles. The molecule has 0 radical (unpaired) electrons. The van der Waals surface area contributed by atoms with Crippen molar-refractivity contribution in [1.82, 2.24) is 0 Å². The number of nitrogens with zero attached hydrogens (tertiary/aromatic N) is 1. The number of rotatable bonds is 2. The van der Waals surface area contributed by atoms with Gasteiger partial charge in [0.15, 0.2) is 5.75 Å². The highest BCUT2D eigenvalue weighted by Gasteiger charge is 2.37. The van der Waals surface area contributed by atoms with Crippen LogP contribution in [0.5, 0.6) is 5.75 Å². The maximum absolute atomic E-state index is 12.0. The van der Waals surface area contributed by atoms with Crippen LogP contribution in [0.1, 0.15) is 6.42 Å². The lowest BCUT2D eigenvalue weighted by molar-refractivity contribution is -0.145. The second-order valence-electron chi connectivity index (χ2n) is 4.18. The summed E-state index contributed by atoms with van der Waals surface area (Å²) in [4.78, 5) is 24.8. The van der Waals surface area contributed by atoms with Crippen LogP contribution in [0.25, 0.3) is 0 Å². The Morgan fingerprint density at radius 3 is 2.79 bits per heavy atom. The molecule has 2 rings (SSSR count). The van der Waals surface area contributed by atoms with E-state index in [2.05, 4.69) is 36.6 Å². The minimum Gasteiger partial charge on any atom is -0.505 e. The molecule has 1 atom stereocenters. The summed E-state index contributed by atoms with van der Waals surface area (Å²) >= 11 is 6.51. The molecule has 1 saturated heterocycles. The number of carbonyl (C=O) groups excluding carboxylic acids is 2. The van der Waals surface area contributed by atoms with Gasteiger partial charge in [-0.15, -0.1) is 0 Å². The van der Waals surface area contributed by atoms with E-state index in [1.54, 1.807) is 12.1 Å². The maximum atomic E-state index is 12.0. The van der Waals surface area contributed by atoms with E-state index in [1.165, 1.54) is 12.0 Å². The normalized spacial score (nSPS) is 18.8. The van der Waals surface area contributed by atoms with Gasteiger partial charge in [0.2, 0.25) is 5.91 Å². The predicted octanol–water partition coefficient (Wildman–Crippen LogP) is 2.44. The zero-order valence-electron chi connectivity index (χ0n) is 10.0. The first-order valence-electron chi connectivity index (χ1n) is 5.50. The summed E-state index contributed by atoms with van der Waals surface area (Å²) in [5, 5.41) is 10.0. The smallest absolute Gasteiger partial charge is 0.311 e. The van der Waals surface area contributed by atoms with Crippen molar-refractivity contribution in [2.24, 2.45) is 5.92 Å². The highest BCUT2D eigenvalue weighted by molar-refractivity contribution is 9.11. The molecular formula is C12H11Br2NO4. The lowest BCUT2D eigenvalue weighted by Gasteiger charge is -2.18. The topological polar surface area (TPSA) is 66.8 Å². The third-order valence-electron chi connectivity index (χ3n) is 2.96. The van der Waals surface area contributed by atoms with E-state index in [9.17, 15) is 14.7 Å². The van der Waals surface area contributed by atoms with Crippen molar-refractivity contribution in [2.45, 2.75) is 6.42 Å². The molecule has 19 heavy (non-hydrogen) atoms. The third kappa shape index (κ3) is 2.76. The number of amides is 1. The Morgan fingerprint density at radius 1 is 1.47 bits per heavy atom. The largest absolute Gasteiger partial charge is 0.505 e. The number of methoxy groups -OCH3 is 1. The summed E-state index contributed by atoms with van der Waals surface area (Å²) in [5.41, 5.74) is 0.373. The second kappa shape index (κ2) is 5.50. The number of halogens is 2. The fourth-order valence-electron chi connectivity index (χ4n) is 2.02. The predicted molar refractivity (Wildman–Crippen MR) is 76.0 cm³/mol. The highest BCUT2D eigenvalue weighted by atomic mass is 79.9. The van der Waals surface area contributed by atoms with Crippen molar-refractivity contribution in [2.75, 3.05) is 18.6 Å². The van der Waals surface area contributed by atoms with Crippen LogP contribution < -0.4 is 4.90 Å². The van der Waals surface area contributed by atoms with Crippen LogP contribution in [0.3, 0.4) is 0 Å². The van der Waals surface area contributed by atoms with Gasteiger partial charge in [-0.1, -0.05) is 15.9 Å². The minimum absolute atomic E-state index is 0.0259. The average molecular weight is 393 g/mol. The van der Waals surface area contributed by atoms with Crippen LogP contribution >= 0.6 is 31.9 Å². The molecule has 7 heteroatoms. The van der Waals surface area contributed by atoms with Crippen molar-refractivity contribution < 1.29 is 19.4 Å². The van der Waals surface area contributed by atoms with Gasteiger partial charge in [-0.25, -0.2) is 0 Å². The van der Waals surface area contributed by atoms with Crippen molar-refractivity contribution >= 4 is 49.4 Å². The monoisotopic (exact) mass is 391 g/mol. The van der Waals surface area contributed by atoms with Crippen molar-refractivity contribution in [1.29, 1.82) is 0 Å².